The van der Waals surface area contributed by atoms with Gasteiger partial charge in [-0.1, -0.05) is 16.3 Å². The van der Waals surface area contributed by atoms with E-state index in [9.17, 15) is 0 Å². The van der Waals surface area contributed by atoms with Crippen molar-refractivity contribution in [1.82, 2.24) is 5.09 Å². The second-order valence-corrected chi connectivity index (χ2v) is 1.36. The highest BCUT2D eigenvalue weighted by Crippen LogP contribution is 1.71. The first kappa shape index (κ1) is 9.84. The van der Waals surface area contributed by atoms with Crippen LogP contribution in [-0.4, -0.2) is 6.54 Å². The van der Waals surface area contributed by atoms with Gasteiger partial charge in [0.25, 0.3) is 0 Å². The highest BCUT2D eigenvalue weighted by Gasteiger charge is 1.64. The van der Waals surface area contributed by atoms with E-state index in [2.05, 4.69) is 21.4 Å². The van der Waals surface area contributed by atoms with Crippen LogP contribution in [0.3, 0.4) is 0 Å². The molecule has 1 nitrogen and oxygen atoms in total. The smallest absolute Gasteiger partial charge is 0.00171 e. The maximum absolute atomic E-state index is 2.93. The molecule has 3 heteroatoms. The van der Waals surface area contributed by atoms with E-state index in [0.29, 0.717) is 0 Å². The molecule has 0 fully saturated rings. The topological polar surface area (TPSA) is 12.0 Å². The number of rotatable bonds is 2. The van der Waals surface area contributed by atoms with Crippen LogP contribution in [0, 0.1) is 0 Å². The summed E-state index contributed by atoms with van der Waals surface area (Å²) in [7, 11) is 2.45. The fourth-order valence-electron chi connectivity index (χ4n) is 0.144. The Labute approximate surface area is 47.6 Å². The van der Waals surface area contributed by atoms with Crippen molar-refractivity contribution in [3.8, 4) is 0 Å². The van der Waals surface area contributed by atoms with E-state index in [4.69, 9.17) is 0 Å². The quantitative estimate of drug-likeness (QED) is 0.550. The van der Waals surface area contributed by atoms with Crippen LogP contribution in [0.4, 0.5) is 0 Å². The zero-order valence-corrected chi connectivity index (χ0v) is 5.87. The van der Waals surface area contributed by atoms with Gasteiger partial charge >= 0.3 is 0 Å². The summed E-state index contributed by atoms with van der Waals surface area (Å²) in [4.78, 5) is 0. The minimum absolute atomic E-state index is 0. The molecular formula is C3H11ClNP. The average Bonchev–Trinajstić information content (AvgIpc) is 1.41. The van der Waals surface area contributed by atoms with E-state index < -0.39 is 0 Å². The van der Waals surface area contributed by atoms with Gasteiger partial charge in [-0.2, -0.15) is 0 Å². The molecule has 0 aliphatic heterocycles. The van der Waals surface area contributed by atoms with Crippen LogP contribution >= 0.6 is 21.8 Å². The van der Waals surface area contributed by atoms with Crippen LogP contribution in [0.5, 0.6) is 0 Å². The van der Waals surface area contributed by atoms with Gasteiger partial charge in [0.1, 0.15) is 0 Å². The third-order valence-electron chi connectivity index (χ3n) is 0.394. The third-order valence-corrected chi connectivity index (χ3v) is 0.683. The standard InChI is InChI=1S/C3H10NP.ClH/c1-2-3-4-5;/h4H,2-3,5H2,1H3;1H. The Bertz CT molecular complexity index is 18.3. The molecule has 0 aliphatic rings. The zero-order valence-electron chi connectivity index (χ0n) is 3.90. The molecule has 0 aliphatic carbocycles. The maximum Gasteiger partial charge on any atom is -0.00171 e. The Morgan fingerprint density at radius 1 is 1.67 bits per heavy atom. The SMILES string of the molecule is CCCNP.Cl. The molecule has 0 aromatic rings. The molecule has 1 atom stereocenters. The molecule has 1 unspecified atom stereocenters. The van der Waals surface area contributed by atoms with E-state index in [0.717, 1.165) is 6.54 Å². The van der Waals surface area contributed by atoms with Crippen LogP contribution in [0.1, 0.15) is 13.3 Å². The normalized spacial score (nSPS) is 7.00. The average molecular weight is 128 g/mol. The molecule has 0 aromatic heterocycles. The minimum atomic E-state index is 0. The van der Waals surface area contributed by atoms with Gasteiger partial charge in [-0.15, -0.1) is 12.4 Å². The van der Waals surface area contributed by atoms with Gasteiger partial charge < -0.3 is 5.09 Å². The second kappa shape index (κ2) is 9.19. The summed E-state index contributed by atoms with van der Waals surface area (Å²) in [6, 6.07) is 0. The lowest BCUT2D eigenvalue weighted by molar-refractivity contribution is 0.878. The molecule has 1 N–H and O–H groups in total. The third kappa shape index (κ3) is 8.82. The van der Waals surface area contributed by atoms with Crippen molar-refractivity contribution in [2.24, 2.45) is 0 Å². The van der Waals surface area contributed by atoms with Crippen molar-refractivity contribution >= 4 is 21.8 Å². The maximum atomic E-state index is 2.93. The molecule has 40 valence electrons. The van der Waals surface area contributed by atoms with Crippen LogP contribution in [-0.2, 0) is 0 Å². The van der Waals surface area contributed by atoms with E-state index in [1.165, 1.54) is 6.42 Å². The predicted molar refractivity (Wildman–Crippen MR) is 35.3 cm³/mol. The lowest BCUT2D eigenvalue weighted by atomic mass is 10.5. The van der Waals surface area contributed by atoms with Gasteiger partial charge in [0, 0.05) is 0 Å². The molecule has 0 bridgehead atoms. The van der Waals surface area contributed by atoms with Crippen LogP contribution < -0.4 is 5.09 Å². The Kier molecular flexibility index (Phi) is 15.1. The largest absolute Gasteiger partial charge is 0.301 e. The molecule has 0 radical (unpaired) electrons. The fourth-order valence-corrected chi connectivity index (χ4v) is 0.433. The van der Waals surface area contributed by atoms with Crippen molar-refractivity contribution in [2.45, 2.75) is 13.3 Å². The summed E-state index contributed by atoms with van der Waals surface area (Å²) in [5.74, 6) is 0. The van der Waals surface area contributed by atoms with Crippen molar-refractivity contribution in [2.75, 3.05) is 6.54 Å². The van der Waals surface area contributed by atoms with E-state index in [1.807, 2.05) is 0 Å². The van der Waals surface area contributed by atoms with Crippen LogP contribution in [0.15, 0.2) is 0 Å². The molecule has 0 spiro atoms. The monoisotopic (exact) mass is 127 g/mol. The van der Waals surface area contributed by atoms with E-state index >= 15 is 0 Å². The summed E-state index contributed by atoms with van der Waals surface area (Å²) >= 11 is 0. The number of hydrogen-bond donors (Lipinski definition) is 1. The van der Waals surface area contributed by atoms with Crippen molar-refractivity contribution < 1.29 is 0 Å². The second-order valence-electron chi connectivity index (χ2n) is 0.954. The summed E-state index contributed by atoms with van der Waals surface area (Å²) in [6.07, 6.45) is 1.21. The highest BCUT2D eigenvalue weighted by atomic mass is 35.5. The van der Waals surface area contributed by atoms with E-state index in [1.54, 1.807) is 0 Å². The Morgan fingerprint density at radius 2 is 2.17 bits per heavy atom. The van der Waals surface area contributed by atoms with Gasteiger partial charge in [-0.3, -0.25) is 0 Å². The fraction of sp³-hybridized carbons (Fsp3) is 1.00. The minimum Gasteiger partial charge on any atom is -0.301 e. The summed E-state index contributed by atoms with van der Waals surface area (Å²) < 4.78 is 0. The molecular weight excluding hydrogens is 116 g/mol. The van der Waals surface area contributed by atoms with Crippen molar-refractivity contribution in [1.29, 1.82) is 0 Å². The molecule has 0 saturated heterocycles. The first-order chi connectivity index (χ1) is 2.41. The van der Waals surface area contributed by atoms with Crippen LogP contribution in [0.2, 0.25) is 0 Å². The number of halogens is 1. The van der Waals surface area contributed by atoms with E-state index in [-0.39, 0.29) is 12.4 Å². The Hall–Kier alpha value is 0.680. The van der Waals surface area contributed by atoms with Gasteiger partial charge in [-0.25, -0.2) is 0 Å². The Morgan fingerprint density at radius 3 is 2.17 bits per heavy atom. The van der Waals surface area contributed by atoms with Crippen molar-refractivity contribution in [3.05, 3.63) is 0 Å². The summed E-state index contributed by atoms with van der Waals surface area (Å²) in [5.41, 5.74) is 0. The van der Waals surface area contributed by atoms with Gasteiger partial charge in [-0.05, 0) is 13.0 Å². The molecule has 0 aromatic carbocycles. The Balaban J connectivity index is 0. The lowest BCUT2D eigenvalue weighted by Crippen LogP contribution is -1.95. The molecule has 0 heterocycles. The van der Waals surface area contributed by atoms with Gasteiger partial charge in [0.05, 0.1) is 0 Å². The van der Waals surface area contributed by atoms with Gasteiger partial charge in [0.2, 0.25) is 0 Å². The molecule has 0 rings (SSSR count). The first-order valence-corrected chi connectivity index (χ1v) is 2.43. The predicted octanol–water partition coefficient (Wildman–Crippen LogP) is 1.20. The van der Waals surface area contributed by atoms with Gasteiger partial charge in [0.15, 0.2) is 0 Å². The number of nitrogens with one attached hydrogen (secondary N) is 1. The molecule has 6 heavy (non-hydrogen) atoms. The highest BCUT2D eigenvalue weighted by molar-refractivity contribution is 7.13. The summed E-state index contributed by atoms with van der Waals surface area (Å²) in [6.45, 7) is 3.24. The van der Waals surface area contributed by atoms with Crippen molar-refractivity contribution in [3.63, 3.8) is 0 Å². The first-order valence-electron chi connectivity index (χ1n) is 1.85. The molecule has 0 saturated carbocycles. The van der Waals surface area contributed by atoms with Crippen LogP contribution in [0.25, 0.3) is 0 Å². The number of hydrogen-bond acceptors (Lipinski definition) is 1. The lowest BCUT2D eigenvalue weighted by Gasteiger charge is -1.84. The zero-order chi connectivity index (χ0) is 4.12. The summed E-state index contributed by atoms with van der Waals surface area (Å²) in [5, 5.41) is 2.93. The molecule has 0 amide bonds.